The molecule has 5 heteroatoms. The molecule has 1 aliphatic carbocycles. The molecule has 1 aliphatic rings. The Balaban J connectivity index is 1.74. The summed E-state index contributed by atoms with van der Waals surface area (Å²) >= 11 is 0. The fourth-order valence-electron chi connectivity index (χ4n) is 2.12. The maximum absolute atomic E-state index is 12.7. The Kier molecular flexibility index (Phi) is 4.89. The summed E-state index contributed by atoms with van der Waals surface area (Å²) in [5.74, 6) is -0.312. The minimum absolute atomic E-state index is 0.197. The molecule has 1 aromatic carbocycles. The Morgan fingerprint density at radius 3 is 2.63 bits per heavy atom. The summed E-state index contributed by atoms with van der Waals surface area (Å²) in [6.07, 6.45) is 6.35. The lowest BCUT2D eigenvalue weighted by atomic mass is 9.96. The summed E-state index contributed by atoms with van der Waals surface area (Å²) in [6.45, 7) is 0. The second-order valence-electron chi connectivity index (χ2n) is 4.64. The van der Waals surface area contributed by atoms with Crippen LogP contribution in [0.3, 0.4) is 0 Å². The van der Waals surface area contributed by atoms with E-state index in [-0.39, 0.29) is 11.9 Å². The summed E-state index contributed by atoms with van der Waals surface area (Å²) < 4.78 is 12.7. The molecule has 1 N–H and O–H groups in total. The van der Waals surface area contributed by atoms with E-state index < -0.39 is 6.09 Å². The number of amides is 1. The van der Waals surface area contributed by atoms with Gasteiger partial charge in [-0.1, -0.05) is 36.6 Å². The molecular formula is C14H17FN2O2. The van der Waals surface area contributed by atoms with E-state index in [1.165, 1.54) is 24.8 Å². The predicted octanol–water partition coefficient (Wildman–Crippen LogP) is 3.22. The Morgan fingerprint density at radius 2 is 1.95 bits per heavy atom. The van der Waals surface area contributed by atoms with Gasteiger partial charge in [0.2, 0.25) is 0 Å². The second kappa shape index (κ2) is 6.87. The molecule has 0 aliphatic heterocycles. The first-order valence-electron chi connectivity index (χ1n) is 6.50. The first-order chi connectivity index (χ1) is 9.24. The fourth-order valence-corrected chi connectivity index (χ4v) is 2.12. The van der Waals surface area contributed by atoms with Crippen molar-refractivity contribution in [3.8, 4) is 0 Å². The number of nitrogens with one attached hydrogen (secondary N) is 1. The van der Waals surface area contributed by atoms with Crippen molar-refractivity contribution in [2.45, 2.75) is 38.1 Å². The number of rotatable bonds is 3. The number of carbonyl (C=O) groups is 1. The molecule has 102 valence electrons. The molecule has 2 rings (SSSR count). The third-order valence-corrected chi connectivity index (χ3v) is 3.13. The van der Waals surface area contributed by atoms with Crippen LogP contribution < -0.4 is 5.32 Å². The number of oxime groups is 1. The van der Waals surface area contributed by atoms with E-state index in [4.69, 9.17) is 4.84 Å². The van der Waals surface area contributed by atoms with Crippen molar-refractivity contribution in [1.29, 1.82) is 0 Å². The first-order valence-corrected chi connectivity index (χ1v) is 6.50. The molecule has 19 heavy (non-hydrogen) atoms. The van der Waals surface area contributed by atoms with Gasteiger partial charge in [0, 0.05) is 6.04 Å². The number of halogens is 1. The predicted molar refractivity (Wildman–Crippen MR) is 70.5 cm³/mol. The van der Waals surface area contributed by atoms with E-state index >= 15 is 0 Å². The summed E-state index contributed by atoms with van der Waals surface area (Å²) in [7, 11) is 0. The molecule has 0 bridgehead atoms. The molecule has 0 radical (unpaired) electrons. The Morgan fingerprint density at radius 1 is 1.26 bits per heavy atom. The second-order valence-corrected chi connectivity index (χ2v) is 4.64. The largest absolute Gasteiger partial charge is 0.433 e. The molecule has 0 aromatic heterocycles. The highest BCUT2D eigenvalue weighted by atomic mass is 19.1. The lowest BCUT2D eigenvalue weighted by Crippen LogP contribution is -2.35. The molecule has 1 fully saturated rings. The van der Waals surface area contributed by atoms with Gasteiger partial charge in [-0.2, -0.15) is 0 Å². The zero-order valence-electron chi connectivity index (χ0n) is 10.6. The van der Waals surface area contributed by atoms with Gasteiger partial charge in [-0.15, -0.1) is 0 Å². The van der Waals surface area contributed by atoms with Gasteiger partial charge in [0.05, 0.1) is 6.21 Å². The Hall–Kier alpha value is -1.91. The van der Waals surface area contributed by atoms with Gasteiger partial charge in [0.15, 0.2) is 0 Å². The standard InChI is InChI=1S/C14H17FN2O2/c15-12-8-6-11(7-9-12)10-16-19-14(18)17-13-4-2-1-3-5-13/h6-10,13H,1-5H2,(H,17,18)/b16-10+. The van der Waals surface area contributed by atoms with Crippen LogP contribution in [0.15, 0.2) is 29.4 Å². The van der Waals surface area contributed by atoms with Gasteiger partial charge in [0.25, 0.3) is 0 Å². The van der Waals surface area contributed by atoms with Crippen LogP contribution in [-0.2, 0) is 4.84 Å². The topological polar surface area (TPSA) is 50.7 Å². The van der Waals surface area contributed by atoms with Gasteiger partial charge in [-0.05, 0) is 30.5 Å². The summed E-state index contributed by atoms with van der Waals surface area (Å²) in [5.41, 5.74) is 0.673. The zero-order valence-corrected chi connectivity index (χ0v) is 10.6. The van der Waals surface area contributed by atoms with Gasteiger partial charge in [0.1, 0.15) is 5.82 Å². The number of hydrogen-bond donors (Lipinski definition) is 1. The van der Waals surface area contributed by atoms with Crippen molar-refractivity contribution in [1.82, 2.24) is 5.32 Å². The van der Waals surface area contributed by atoms with E-state index in [1.807, 2.05) is 0 Å². The van der Waals surface area contributed by atoms with Crippen molar-refractivity contribution in [2.75, 3.05) is 0 Å². The van der Waals surface area contributed by atoms with E-state index in [9.17, 15) is 9.18 Å². The summed E-state index contributed by atoms with van der Waals surface area (Å²) in [5, 5.41) is 6.36. The Bertz CT molecular complexity index is 439. The smallest absolute Gasteiger partial charge is 0.317 e. The van der Waals surface area contributed by atoms with Gasteiger partial charge in [-0.3, -0.25) is 4.84 Å². The van der Waals surface area contributed by atoms with E-state index in [0.29, 0.717) is 5.56 Å². The molecule has 4 nitrogen and oxygen atoms in total. The van der Waals surface area contributed by atoms with Crippen molar-refractivity contribution in [3.63, 3.8) is 0 Å². The molecule has 1 saturated carbocycles. The van der Waals surface area contributed by atoms with Crippen LogP contribution in [0.25, 0.3) is 0 Å². The van der Waals surface area contributed by atoms with E-state index in [1.54, 1.807) is 12.1 Å². The average Bonchev–Trinajstić information content (AvgIpc) is 2.42. The minimum Gasteiger partial charge on any atom is -0.317 e. The van der Waals surface area contributed by atoms with Crippen LogP contribution in [0.4, 0.5) is 9.18 Å². The Labute approximate surface area is 111 Å². The highest BCUT2D eigenvalue weighted by Gasteiger charge is 2.16. The molecular weight excluding hydrogens is 247 g/mol. The van der Waals surface area contributed by atoms with Crippen LogP contribution >= 0.6 is 0 Å². The monoisotopic (exact) mass is 264 g/mol. The normalized spacial score (nSPS) is 16.5. The van der Waals surface area contributed by atoms with Crippen LogP contribution in [-0.4, -0.2) is 18.3 Å². The quantitative estimate of drug-likeness (QED) is 0.517. The SMILES string of the molecule is O=C(NC1CCCCC1)O/N=C/c1ccc(F)cc1. The third kappa shape index (κ3) is 4.69. The molecule has 0 spiro atoms. The molecule has 0 saturated heterocycles. The number of nitrogens with zero attached hydrogens (tertiary/aromatic N) is 1. The van der Waals surface area contributed by atoms with E-state index in [0.717, 1.165) is 25.7 Å². The van der Waals surface area contributed by atoms with Crippen molar-refractivity contribution < 1.29 is 14.0 Å². The van der Waals surface area contributed by atoms with E-state index in [2.05, 4.69) is 10.5 Å². The van der Waals surface area contributed by atoms with Gasteiger partial charge in [-0.25, -0.2) is 9.18 Å². The summed E-state index contributed by atoms with van der Waals surface area (Å²) in [6, 6.07) is 5.96. The molecule has 0 heterocycles. The number of carbonyl (C=O) groups excluding carboxylic acids is 1. The summed E-state index contributed by atoms with van der Waals surface area (Å²) in [4.78, 5) is 16.2. The minimum atomic E-state index is -0.537. The number of hydrogen-bond acceptors (Lipinski definition) is 3. The van der Waals surface area contributed by atoms with Gasteiger partial charge >= 0.3 is 6.09 Å². The number of benzene rings is 1. The van der Waals surface area contributed by atoms with Crippen LogP contribution in [0.1, 0.15) is 37.7 Å². The average molecular weight is 264 g/mol. The van der Waals surface area contributed by atoms with Crippen LogP contribution in [0.2, 0.25) is 0 Å². The highest BCUT2D eigenvalue weighted by molar-refractivity contribution is 5.79. The third-order valence-electron chi connectivity index (χ3n) is 3.13. The molecule has 1 amide bonds. The van der Waals surface area contributed by atoms with Crippen molar-refractivity contribution in [2.24, 2.45) is 5.16 Å². The highest BCUT2D eigenvalue weighted by Crippen LogP contribution is 2.17. The first kappa shape index (κ1) is 13.5. The van der Waals surface area contributed by atoms with Gasteiger partial charge < -0.3 is 5.32 Å². The van der Waals surface area contributed by atoms with Crippen LogP contribution in [0, 0.1) is 5.82 Å². The van der Waals surface area contributed by atoms with Crippen molar-refractivity contribution in [3.05, 3.63) is 35.6 Å². The lowest BCUT2D eigenvalue weighted by Gasteiger charge is -2.21. The van der Waals surface area contributed by atoms with Crippen molar-refractivity contribution >= 4 is 12.3 Å². The molecule has 0 unspecified atom stereocenters. The fraction of sp³-hybridized carbons (Fsp3) is 0.429. The maximum atomic E-state index is 12.7. The zero-order chi connectivity index (χ0) is 13.5. The maximum Gasteiger partial charge on any atom is 0.433 e. The molecule has 0 atom stereocenters. The van der Waals surface area contributed by atoms with Crippen LogP contribution in [0.5, 0.6) is 0 Å². The molecule has 1 aromatic rings. The lowest BCUT2D eigenvalue weighted by molar-refractivity contribution is 0.144.